The van der Waals surface area contributed by atoms with E-state index in [-0.39, 0.29) is 0 Å². The highest BCUT2D eigenvalue weighted by molar-refractivity contribution is 4.98. The molecular formula is C12H22. The van der Waals surface area contributed by atoms with E-state index in [1.165, 1.54) is 12.8 Å². The lowest BCUT2D eigenvalue weighted by atomic mass is 9.67. The van der Waals surface area contributed by atoms with Gasteiger partial charge in [0.25, 0.3) is 0 Å². The summed E-state index contributed by atoms with van der Waals surface area (Å²) in [5.74, 6) is 4.17. The van der Waals surface area contributed by atoms with E-state index in [9.17, 15) is 0 Å². The van der Waals surface area contributed by atoms with Crippen molar-refractivity contribution in [3.8, 4) is 0 Å². The van der Waals surface area contributed by atoms with Crippen LogP contribution in [0.5, 0.6) is 0 Å². The minimum absolute atomic E-state index is 0.555. The van der Waals surface area contributed by atoms with Gasteiger partial charge in [-0.1, -0.05) is 27.7 Å². The highest BCUT2D eigenvalue weighted by Gasteiger charge is 2.49. The summed E-state index contributed by atoms with van der Waals surface area (Å²) in [6.45, 7) is 9.76. The van der Waals surface area contributed by atoms with E-state index >= 15 is 0 Å². The van der Waals surface area contributed by atoms with Gasteiger partial charge in [-0.25, -0.2) is 0 Å². The molecule has 0 aromatic rings. The first kappa shape index (κ1) is 8.59. The van der Waals surface area contributed by atoms with Crippen molar-refractivity contribution in [2.45, 2.75) is 47.0 Å². The molecule has 0 radical (unpaired) electrons. The van der Waals surface area contributed by atoms with E-state index in [2.05, 4.69) is 27.7 Å². The zero-order valence-electron chi connectivity index (χ0n) is 8.93. The average Bonchev–Trinajstić information content (AvgIpc) is 2.42. The third-order valence-corrected chi connectivity index (χ3v) is 4.33. The van der Waals surface area contributed by atoms with Crippen LogP contribution in [0, 0.1) is 29.1 Å². The summed E-state index contributed by atoms with van der Waals surface area (Å²) >= 11 is 0. The van der Waals surface area contributed by atoms with Gasteiger partial charge in [-0.05, 0) is 48.3 Å². The van der Waals surface area contributed by atoms with Gasteiger partial charge in [0.05, 0.1) is 0 Å². The van der Waals surface area contributed by atoms with Crippen LogP contribution in [0.4, 0.5) is 0 Å². The lowest BCUT2D eigenvalue weighted by Gasteiger charge is -2.38. The van der Waals surface area contributed by atoms with Gasteiger partial charge in [-0.3, -0.25) is 0 Å². The van der Waals surface area contributed by atoms with Crippen molar-refractivity contribution in [2.75, 3.05) is 0 Å². The van der Waals surface area contributed by atoms with Crippen molar-refractivity contribution < 1.29 is 0 Å². The molecule has 0 saturated heterocycles. The molecule has 4 atom stereocenters. The third kappa shape index (κ3) is 1.11. The maximum Gasteiger partial charge on any atom is -0.0308 e. The van der Waals surface area contributed by atoms with Crippen molar-refractivity contribution in [1.29, 1.82) is 0 Å². The first-order valence-electron chi connectivity index (χ1n) is 5.50. The summed E-state index contributed by atoms with van der Waals surface area (Å²) in [5, 5.41) is 0. The quantitative estimate of drug-likeness (QED) is 0.514. The molecular weight excluding hydrogens is 144 g/mol. The van der Waals surface area contributed by atoms with Crippen molar-refractivity contribution in [3.63, 3.8) is 0 Å². The van der Waals surface area contributed by atoms with E-state index in [1.807, 2.05) is 0 Å². The molecule has 2 fully saturated rings. The SMILES string of the molecule is C[C@H]1C(C(C)(C)C)[C@H]2CC[C@@H]1C2. The molecule has 2 bridgehead atoms. The van der Waals surface area contributed by atoms with Gasteiger partial charge in [-0.15, -0.1) is 0 Å². The van der Waals surface area contributed by atoms with Crippen LogP contribution < -0.4 is 0 Å². The van der Waals surface area contributed by atoms with E-state index in [0.29, 0.717) is 5.41 Å². The Morgan fingerprint density at radius 2 is 1.58 bits per heavy atom. The van der Waals surface area contributed by atoms with E-state index in [0.717, 1.165) is 23.7 Å². The molecule has 2 aliphatic rings. The number of hydrogen-bond acceptors (Lipinski definition) is 0. The summed E-state index contributed by atoms with van der Waals surface area (Å²) in [6.07, 6.45) is 4.60. The fraction of sp³-hybridized carbons (Fsp3) is 1.00. The minimum atomic E-state index is 0.555. The largest absolute Gasteiger partial charge is 0.0619 e. The van der Waals surface area contributed by atoms with Crippen LogP contribution >= 0.6 is 0 Å². The molecule has 0 heterocycles. The molecule has 0 spiro atoms. The Morgan fingerprint density at radius 1 is 1.00 bits per heavy atom. The summed E-state index contributed by atoms with van der Waals surface area (Å²) < 4.78 is 0. The van der Waals surface area contributed by atoms with Gasteiger partial charge in [0.2, 0.25) is 0 Å². The molecule has 0 aromatic carbocycles. The van der Waals surface area contributed by atoms with Gasteiger partial charge in [0.15, 0.2) is 0 Å². The predicted molar refractivity (Wildman–Crippen MR) is 52.9 cm³/mol. The standard InChI is InChI=1S/C12H22/c1-8-9-5-6-10(7-9)11(8)12(2,3)4/h8-11H,5-7H2,1-4H3/t8-,9-,10+,11?/m1/s1. The third-order valence-electron chi connectivity index (χ3n) is 4.33. The van der Waals surface area contributed by atoms with Crippen molar-refractivity contribution in [2.24, 2.45) is 29.1 Å². The molecule has 2 saturated carbocycles. The van der Waals surface area contributed by atoms with Gasteiger partial charge >= 0.3 is 0 Å². The molecule has 1 unspecified atom stereocenters. The highest BCUT2D eigenvalue weighted by atomic mass is 14.5. The molecule has 0 heteroatoms. The first-order chi connectivity index (χ1) is 5.50. The van der Waals surface area contributed by atoms with Crippen LogP contribution in [-0.4, -0.2) is 0 Å². The summed E-state index contributed by atoms with van der Waals surface area (Å²) in [4.78, 5) is 0. The van der Waals surface area contributed by atoms with Crippen LogP contribution in [0.1, 0.15) is 47.0 Å². The Hall–Kier alpha value is 0. The maximum atomic E-state index is 2.49. The molecule has 0 aromatic heterocycles. The average molecular weight is 166 g/mol. The van der Waals surface area contributed by atoms with Crippen LogP contribution in [0.25, 0.3) is 0 Å². The Morgan fingerprint density at radius 3 is 1.92 bits per heavy atom. The normalized spacial score (nSPS) is 47.0. The fourth-order valence-electron chi connectivity index (χ4n) is 4.07. The lowest BCUT2D eigenvalue weighted by Crippen LogP contribution is -2.31. The Bertz CT molecular complexity index is 173. The second-order valence-corrected chi connectivity index (χ2v) is 6.08. The monoisotopic (exact) mass is 166 g/mol. The predicted octanol–water partition coefficient (Wildman–Crippen LogP) is 3.71. The van der Waals surface area contributed by atoms with Crippen LogP contribution in [-0.2, 0) is 0 Å². The van der Waals surface area contributed by atoms with Crippen molar-refractivity contribution >= 4 is 0 Å². The van der Waals surface area contributed by atoms with E-state index in [4.69, 9.17) is 0 Å². The van der Waals surface area contributed by atoms with Crippen LogP contribution in [0.2, 0.25) is 0 Å². The van der Waals surface area contributed by atoms with Crippen LogP contribution in [0.15, 0.2) is 0 Å². The second-order valence-electron chi connectivity index (χ2n) is 6.08. The number of rotatable bonds is 0. The van der Waals surface area contributed by atoms with E-state index in [1.54, 1.807) is 6.42 Å². The first-order valence-corrected chi connectivity index (χ1v) is 5.50. The van der Waals surface area contributed by atoms with Crippen LogP contribution in [0.3, 0.4) is 0 Å². The number of fused-ring (bicyclic) bond motifs is 2. The zero-order chi connectivity index (χ0) is 8.93. The molecule has 0 N–H and O–H groups in total. The highest BCUT2D eigenvalue weighted by Crippen LogP contribution is 2.57. The Balaban J connectivity index is 2.17. The number of hydrogen-bond donors (Lipinski definition) is 0. The van der Waals surface area contributed by atoms with Gasteiger partial charge < -0.3 is 0 Å². The smallest absolute Gasteiger partial charge is 0.0308 e. The van der Waals surface area contributed by atoms with Gasteiger partial charge in [0.1, 0.15) is 0 Å². The summed E-state index contributed by atoms with van der Waals surface area (Å²) in [6, 6.07) is 0. The summed E-state index contributed by atoms with van der Waals surface area (Å²) in [7, 11) is 0. The molecule has 2 aliphatic carbocycles. The minimum Gasteiger partial charge on any atom is -0.0619 e. The molecule has 12 heavy (non-hydrogen) atoms. The maximum absolute atomic E-state index is 2.49. The van der Waals surface area contributed by atoms with Gasteiger partial charge in [-0.2, -0.15) is 0 Å². The molecule has 0 amide bonds. The molecule has 0 nitrogen and oxygen atoms in total. The Labute approximate surface area is 76.7 Å². The molecule has 70 valence electrons. The summed E-state index contributed by atoms with van der Waals surface area (Å²) in [5.41, 5.74) is 0.555. The van der Waals surface area contributed by atoms with Crippen molar-refractivity contribution in [3.05, 3.63) is 0 Å². The van der Waals surface area contributed by atoms with Crippen molar-refractivity contribution in [1.82, 2.24) is 0 Å². The lowest BCUT2D eigenvalue weighted by molar-refractivity contribution is 0.106. The Kier molecular flexibility index (Phi) is 1.79. The topological polar surface area (TPSA) is 0 Å². The molecule has 0 aliphatic heterocycles. The molecule has 2 rings (SSSR count). The van der Waals surface area contributed by atoms with Gasteiger partial charge in [0, 0.05) is 0 Å². The second kappa shape index (κ2) is 2.49. The zero-order valence-corrected chi connectivity index (χ0v) is 8.93. The fourth-order valence-corrected chi connectivity index (χ4v) is 4.07. The van der Waals surface area contributed by atoms with E-state index < -0.39 is 0 Å².